The molecule has 1 N–H and O–H groups in total. The third-order valence-corrected chi connectivity index (χ3v) is 5.09. The smallest absolute Gasteiger partial charge is 0.265 e. The van der Waals surface area contributed by atoms with Crippen molar-refractivity contribution in [3.8, 4) is 11.5 Å². The van der Waals surface area contributed by atoms with Crippen LogP contribution < -0.4 is 19.1 Å². The number of nitrogens with one attached hydrogen (secondary N) is 1. The summed E-state index contributed by atoms with van der Waals surface area (Å²) in [6.07, 6.45) is 0. The molecule has 9 heteroatoms. The van der Waals surface area contributed by atoms with Crippen molar-refractivity contribution < 1.29 is 22.3 Å². The number of para-hydroxylation sites is 1. The molecule has 0 saturated heterocycles. The van der Waals surface area contributed by atoms with Gasteiger partial charge >= 0.3 is 0 Å². The van der Waals surface area contributed by atoms with Gasteiger partial charge in [-0.05, 0) is 12.1 Å². The molecule has 0 bridgehead atoms. The molecule has 0 atom stereocenters. The van der Waals surface area contributed by atoms with E-state index in [4.69, 9.17) is 21.1 Å². The second kappa shape index (κ2) is 7.37. The summed E-state index contributed by atoms with van der Waals surface area (Å²) in [4.78, 5) is 1.10. The first kappa shape index (κ1) is 19.1. The Balaban J connectivity index is 2.53. The lowest BCUT2D eigenvalue weighted by Gasteiger charge is -2.20. The van der Waals surface area contributed by atoms with Crippen molar-refractivity contribution >= 4 is 33.0 Å². The summed E-state index contributed by atoms with van der Waals surface area (Å²) in [6.45, 7) is 0. The minimum Gasteiger partial charge on any atom is -0.493 e. The molecule has 2 aromatic carbocycles. The molecule has 0 aromatic heterocycles. The summed E-state index contributed by atoms with van der Waals surface area (Å²) in [5.41, 5.74) is 0.695. The number of methoxy groups -OCH3 is 2. The summed E-state index contributed by atoms with van der Waals surface area (Å²) in [5.74, 6) is -0.766. The Hall–Kier alpha value is -2.19. The van der Waals surface area contributed by atoms with Gasteiger partial charge in [0.15, 0.2) is 11.5 Å². The fourth-order valence-corrected chi connectivity index (χ4v) is 3.78. The van der Waals surface area contributed by atoms with Crippen molar-refractivity contribution in [2.75, 3.05) is 37.9 Å². The van der Waals surface area contributed by atoms with Gasteiger partial charge in [-0.15, -0.1) is 0 Å². The zero-order chi connectivity index (χ0) is 18.8. The van der Waals surface area contributed by atoms with Crippen LogP contribution in [0.1, 0.15) is 0 Å². The first-order chi connectivity index (χ1) is 11.7. The highest BCUT2D eigenvalue weighted by molar-refractivity contribution is 7.92. The number of benzene rings is 2. The summed E-state index contributed by atoms with van der Waals surface area (Å²) in [7, 11) is 1.88. The highest BCUT2D eigenvalue weighted by Crippen LogP contribution is 2.36. The van der Waals surface area contributed by atoms with E-state index in [0.717, 1.165) is 12.1 Å². The van der Waals surface area contributed by atoms with Gasteiger partial charge in [-0.25, -0.2) is 12.8 Å². The SMILES string of the molecule is COc1cc(F)c(S(=O)(=O)Nc2cccc(Cl)c2N(C)C)cc1OC. The summed E-state index contributed by atoms with van der Waals surface area (Å²) < 4.78 is 52.0. The third-order valence-electron chi connectivity index (χ3n) is 3.41. The lowest BCUT2D eigenvalue weighted by atomic mass is 10.2. The van der Waals surface area contributed by atoms with Crippen molar-refractivity contribution in [1.82, 2.24) is 0 Å². The molecular formula is C16H18ClFN2O4S. The zero-order valence-corrected chi connectivity index (χ0v) is 15.7. The number of anilines is 2. The van der Waals surface area contributed by atoms with Crippen molar-refractivity contribution in [1.29, 1.82) is 0 Å². The van der Waals surface area contributed by atoms with Gasteiger partial charge in [0.2, 0.25) is 0 Å². The van der Waals surface area contributed by atoms with Crippen LogP contribution in [0.3, 0.4) is 0 Å². The first-order valence-electron chi connectivity index (χ1n) is 7.11. The Morgan fingerprint density at radius 1 is 1.12 bits per heavy atom. The topological polar surface area (TPSA) is 67.9 Å². The third kappa shape index (κ3) is 3.91. The molecule has 0 spiro atoms. The van der Waals surface area contributed by atoms with Crippen LogP contribution in [-0.2, 0) is 10.0 Å². The van der Waals surface area contributed by atoms with Gasteiger partial charge < -0.3 is 14.4 Å². The molecule has 0 saturated carbocycles. The summed E-state index contributed by atoms with van der Waals surface area (Å²) in [6, 6.07) is 6.79. The fourth-order valence-electron chi connectivity index (χ4n) is 2.29. The van der Waals surface area contributed by atoms with Crippen LogP contribution in [0, 0.1) is 5.82 Å². The average molecular weight is 389 g/mol. The lowest BCUT2D eigenvalue weighted by Crippen LogP contribution is -2.18. The van der Waals surface area contributed by atoms with Crippen molar-refractivity contribution in [2.45, 2.75) is 4.90 Å². The Morgan fingerprint density at radius 2 is 1.72 bits per heavy atom. The molecule has 0 aliphatic rings. The second-order valence-corrected chi connectivity index (χ2v) is 7.33. The van der Waals surface area contributed by atoms with E-state index in [1.807, 2.05) is 0 Å². The summed E-state index contributed by atoms with van der Waals surface area (Å²) >= 11 is 6.13. The van der Waals surface area contributed by atoms with Gasteiger partial charge in [0.1, 0.15) is 10.7 Å². The van der Waals surface area contributed by atoms with Crippen molar-refractivity contribution in [3.05, 3.63) is 41.2 Å². The number of halogens is 2. The normalized spacial score (nSPS) is 11.1. The number of rotatable bonds is 6. The maximum atomic E-state index is 14.3. The molecule has 136 valence electrons. The average Bonchev–Trinajstić information content (AvgIpc) is 2.53. The lowest BCUT2D eigenvalue weighted by molar-refractivity contribution is 0.350. The van der Waals surface area contributed by atoms with E-state index in [1.54, 1.807) is 31.1 Å². The molecule has 0 unspecified atom stereocenters. The van der Waals surface area contributed by atoms with E-state index in [1.165, 1.54) is 20.3 Å². The quantitative estimate of drug-likeness (QED) is 0.821. The molecule has 0 heterocycles. The molecule has 0 fully saturated rings. The molecule has 2 rings (SSSR count). The van der Waals surface area contributed by atoms with E-state index in [2.05, 4.69) is 4.72 Å². The first-order valence-corrected chi connectivity index (χ1v) is 8.97. The van der Waals surface area contributed by atoms with Gasteiger partial charge in [0, 0.05) is 26.2 Å². The van der Waals surface area contributed by atoms with Crippen LogP contribution in [0.5, 0.6) is 11.5 Å². The Morgan fingerprint density at radius 3 is 2.28 bits per heavy atom. The predicted octanol–water partition coefficient (Wildman–Crippen LogP) is 3.36. The van der Waals surface area contributed by atoms with Crippen LogP contribution in [0.4, 0.5) is 15.8 Å². The van der Waals surface area contributed by atoms with Gasteiger partial charge in [0.05, 0.1) is 30.6 Å². The Kier molecular flexibility index (Phi) is 5.64. The van der Waals surface area contributed by atoms with Gasteiger partial charge in [-0.2, -0.15) is 0 Å². The van der Waals surface area contributed by atoms with Crippen LogP contribution in [-0.4, -0.2) is 36.7 Å². The minimum absolute atomic E-state index is 0.0932. The molecule has 0 aliphatic heterocycles. The number of hydrogen-bond acceptors (Lipinski definition) is 5. The molecule has 2 aromatic rings. The van der Waals surface area contributed by atoms with E-state index >= 15 is 0 Å². The van der Waals surface area contributed by atoms with E-state index in [-0.39, 0.29) is 17.2 Å². The molecule has 25 heavy (non-hydrogen) atoms. The van der Waals surface area contributed by atoms with Crippen molar-refractivity contribution in [3.63, 3.8) is 0 Å². The van der Waals surface area contributed by atoms with E-state index in [0.29, 0.717) is 10.7 Å². The molecular weight excluding hydrogens is 371 g/mol. The number of hydrogen-bond donors (Lipinski definition) is 1. The summed E-state index contributed by atoms with van der Waals surface area (Å²) in [5, 5.41) is 0.359. The highest BCUT2D eigenvalue weighted by atomic mass is 35.5. The molecule has 0 amide bonds. The van der Waals surface area contributed by atoms with Crippen LogP contribution in [0.15, 0.2) is 35.2 Å². The van der Waals surface area contributed by atoms with Gasteiger partial charge in [-0.3, -0.25) is 4.72 Å². The maximum absolute atomic E-state index is 14.3. The fraction of sp³-hybridized carbons (Fsp3) is 0.250. The number of sulfonamides is 1. The van der Waals surface area contributed by atoms with Crippen molar-refractivity contribution in [2.24, 2.45) is 0 Å². The van der Waals surface area contributed by atoms with Crippen LogP contribution >= 0.6 is 11.6 Å². The molecule has 0 radical (unpaired) electrons. The highest BCUT2D eigenvalue weighted by Gasteiger charge is 2.24. The second-order valence-electron chi connectivity index (χ2n) is 5.27. The molecule has 6 nitrogen and oxygen atoms in total. The van der Waals surface area contributed by atoms with E-state index < -0.39 is 20.7 Å². The van der Waals surface area contributed by atoms with E-state index in [9.17, 15) is 12.8 Å². The minimum atomic E-state index is -4.22. The molecule has 0 aliphatic carbocycles. The monoisotopic (exact) mass is 388 g/mol. The maximum Gasteiger partial charge on any atom is 0.265 e. The standard InChI is InChI=1S/C16H18ClFN2O4S/c1-20(2)16-10(17)6-5-7-12(16)19-25(21,22)15-9-14(24-4)13(23-3)8-11(15)18/h5-9,19H,1-4H3. The van der Waals surface area contributed by atoms with Gasteiger partial charge in [0.25, 0.3) is 10.0 Å². The predicted molar refractivity (Wildman–Crippen MR) is 96.1 cm³/mol. The van der Waals surface area contributed by atoms with Gasteiger partial charge in [-0.1, -0.05) is 17.7 Å². The Bertz CT molecular complexity index is 888. The zero-order valence-electron chi connectivity index (χ0n) is 14.1. The number of ether oxygens (including phenoxy) is 2. The number of nitrogens with zero attached hydrogens (tertiary/aromatic N) is 1. The Labute approximate surface area is 151 Å². The largest absolute Gasteiger partial charge is 0.493 e. The van der Waals surface area contributed by atoms with Crippen LogP contribution in [0.2, 0.25) is 5.02 Å². The van der Waals surface area contributed by atoms with Crippen LogP contribution in [0.25, 0.3) is 0 Å².